The van der Waals surface area contributed by atoms with Crippen molar-refractivity contribution in [2.75, 3.05) is 6.54 Å². The summed E-state index contributed by atoms with van der Waals surface area (Å²) in [6, 6.07) is 0. The number of aliphatic hydroxyl groups is 2. The number of primary amides is 1. The van der Waals surface area contributed by atoms with Crippen LogP contribution >= 0.6 is 0 Å². The number of carbonyl (C=O) groups is 2. The summed E-state index contributed by atoms with van der Waals surface area (Å²) >= 11 is 0. The van der Waals surface area contributed by atoms with Crippen LogP contribution in [-0.2, 0) is 9.59 Å². The second-order valence-electron chi connectivity index (χ2n) is 1.55. The van der Waals surface area contributed by atoms with E-state index in [1.165, 1.54) is 0 Å². The molecule has 0 aliphatic carbocycles. The minimum absolute atomic E-state index is 0.401. The van der Waals surface area contributed by atoms with Crippen molar-refractivity contribution in [3.8, 4) is 0 Å². The Bertz CT molecular complexity index is 144. The number of rotatable bonds is 2. The zero-order chi connectivity index (χ0) is 8.15. The van der Waals surface area contributed by atoms with Crippen LogP contribution in [0, 0.1) is 0 Å². The third-order valence-electron chi connectivity index (χ3n) is 0.669. The lowest BCUT2D eigenvalue weighted by Gasteiger charge is -2.02. The molecule has 58 valence electrons. The van der Waals surface area contributed by atoms with Crippen molar-refractivity contribution in [3.63, 3.8) is 0 Å². The molecule has 0 heterocycles. The van der Waals surface area contributed by atoms with Crippen LogP contribution in [0.3, 0.4) is 0 Å². The maximum Gasteiger partial charge on any atom is 0.309 e. The summed E-state index contributed by atoms with van der Waals surface area (Å²) < 4.78 is 0. The predicted molar refractivity (Wildman–Crippen MR) is 30.4 cm³/mol. The number of hydrogen-bond acceptors (Lipinski definition) is 4. The molecule has 0 radical (unpaired) electrons. The Morgan fingerprint density at radius 1 is 1.50 bits per heavy atom. The lowest BCUT2D eigenvalue weighted by Crippen LogP contribution is -2.39. The molecule has 10 heavy (non-hydrogen) atoms. The van der Waals surface area contributed by atoms with Crippen molar-refractivity contribution in [1.29, 1.82) is 0 Å². The fraction of sp³-hybridized carbons (Fsp3) is 0.500. The number of nitrogens with one attached hydrogen (secondary N) is 1. The molecule has 0 aromatic rings. The standard InChI is InChI=1S/C4H8N2O4/c5-3(9)4(10)6-1-2(7)8/h2,7-8H,1H2,(H2,5,9)(H,6,10). The van der Waals surface area contributed by atoms with Crippen molar-refractivity contribution < 1.29 is 19.8 Å². The molecule has 5 N–H and O–H groups in total. The van der Waals surface area contributed by atoms with Gasteiger partial charge in [0.15, 0.2) is 6.29 Å². The van der Waals surface area contributed by atoms with Gasteiger partial charge in [-0.2, -0.15) is 0 Å². The van der Waals surface area contributed by atoms with E-state index in [4.69, 9.17) is 10.2 Å². The van der Waals surface area contributed by atoms with E-state index in [0.717, 1.165) is 0 Å². The number of aliphatic hydroxyl groups excluding tert-OH is 1. The Balaban J connectivity index is 3.50. The quantitative estimate of drug-likeness (QED) is 0.245. The van der Waals surface area contributed by atoms with Gasteiger partial charge >= 0.3 is 11.8 Å². The first-order valence-electron chi connectivity index (χ1n) is 2.48. The minimum Gasteiger partial charge on any atom is -0.367 e. The molecule has 0 aromatic carbocycles. The average Bonchev–Trinajstić information content (AvgIpc) is 1.82. The molecular weight excluding hydrogens is 140 g/mol. The highest BCUT2D eigenvalue weighted by Crippen LogP contribution is 1.69. The van der Waals surface area contributed by atoms with Crippen molar-refractivity contribution in [2.24, 2.45) is 5.73 Å². The highest BCUT2D eigenvalue weighted by Gasteiger charge is 2.08. The lowest BCUT2D eigenvalue weighted by atomic mass is 10.5. The second-order valence-corrected chi connectivity index (χ2v) is 1.55. The van der Waals surface area contributed by atoms with Gasteiger partial charge in [-0.25, -0.2) is 0 Å². The van der Waals surface area contributed by atoms with Gasteiger partial charge in [0, 0.05) is 0 Å². The van der Waals surface area contributed by atoms with Crippen LogP contribution in [0.15, 0.2) is 0 Å². The number of hydrogen-bond donors (Lipinski definition) is 4. The number of nitrogens with two attached hydrogens (primary N) is 1. The molecule has 0 aliphatic heterocycles. The van der Waals surface area contributed by atoms with Crippen LogP contribution in [-0.4, -0.2) is 34.9 Å². The van der Waals surface area contributed by atoms with Gasteiger partial charge in [-0.15, -0.1) is 0 Å². The molecule has 0 atom stereocenters. The molecule has 2 amide bonds. The van der Waals surface area contributed by atoms with Crippen LogP contribution in [0.5, 0.6) is 0 Å². The Hall–Kier alpha value is -1.14. The Morgan fingerprint density at radius 2 is 2.00 bits per heavy atom. The molecule has 0 unspecified atom stereocenters. The fourth-order valence-electron chi connectivity index (χ4n) is 0.271. The molecule has 0 spiro atoms. The molecule has 0 saturated carbocycles. The summed E-state index contributed by atoms with van der Waals surface area (Å²) in [6.07, 6.45) is -1.66. The molecule has 0 rings (SSSR count). The van der Waals surface area contributed by atoms with E-state index in [0.29, 0.717) is 0 Å². The largest absolute Gasteiger partial charge is 0.367 e. The highest BCUT2D eigenvalue weighted by molar-refractivity contribution is 6.34. The van der Waals surface area contributed by atoms with Crippen LogP contribution in [0.25, 0.3) is 0 Å². The van der Waals surface area contributed by atoms with Crippen molar-refractivity contribution in [2.45, 2.75) is 6.29 Å². The third-order valence-corrected chi connectivity index (χ3v) is 0.669. The van der Waals surface area contributed by atoms with Gasteiger partial charge in [0.1, 0.15) is 0 Å². The maximum absolute atomic E-state index is 10.2. The van der Waals surface area contributed by atoms with Gasteiger partial charge in [0.2, 0.25) is 0 Å². The van der Waals surface area contributed by atoms with Gasteiger partial charge in [-0.1, -0.05) is 0 Å². The molecule has 0 aromatic heterocycles. The summed E-state index contributed by atoms with van der Waals surface area (Å²) in [6.45, 7) is -0.401. The van der Waals surface area contributed by atoms with Crippen LogP contribution in [0.4, 0.5) is 0 Å². The first-order chi connectivity index (χ1) is 4.54. The fourth-order valence-corrected chi connectivity index (χ4v) is 0.271. The summed E-state index contributed by atoms with van der Waals surface area (Å²) in [7, 11) is 0. The van der Waals surface area contributed by atoms with Gasteiger partial charge in [-0.05, 0) is 0 Å². The number of carbonyl (C=O) groups excluding carboxylic acids is 2. The van der Waals surface area contributed by atoms with Crippen LogP contribution < -0.4 is 11.1 Å². The summed E-state index contributed by atoms with van der Waals surface area (Å²) in [5, 5.41) is 18.2. The van der Waals surface area contributed by atoms with Gasteiger partial charge < -0.3 is 21.3 Å². The SMILES string of the molecule is NC(=O)C(=O)NCC(O)O. The molecule has 6 heteroatoms. The molecular formula is C4H8N2O4. The van der Waals surface area contributed by atoms with Gasteiger partial charge in [0.25, 0.3) is 0 Å². The van der Waals surface area contributed by atoms with E-state index in [1.807, 2.05) is 5.32 Å². The highest BCUT2D eigenvalue weighted by atomic mass is 16.5. The predicted octanol–water partition coefficient (Wildman–Crippen LogP) is -3.10. The Morgan fingerprint density at radius 3 is 2.30 bits per heavy atom. The van der Waals surface area contributed by atoms with Crippen molar-refractivity contribution in [1.82, 2.24) is 5.32 Å². The summed E-state index contributed by atoms with van der Waals surface area (Å²) in [5.41, 5.74) is 4.51. The Labute approximate surface area is 56.6 Å². The van der Waals surface area contributed by atoms with E-state index in [2.05, 4.69) is 5.73 Å². The van der Waals surface area contributed by atoms with E-state index >= 15 is 0 Å². The first kappa shape index (κ1) is 8.86. The van der Waals surface area contributed by atoms with Gasteiger partial charge in [0.05, 0.1) is 6.54 Å². The van der Waals surface area contributed by atoms with E-state index < -0.39 is 24.6 Å². The summed E-state index contributed by atoms with van der Waals surface area (Å²) in [4.78, 5) is 20.2. The van der Waals surface area contributed by atoms with Crippen LogP contribution in [0.1, 0.15) is 0 Å². The van der Waals surface area contributed by atoms with Crippen LogP contribution in [0.2, 0.25) is 0 Å². The van der Waals surface area contributed by atoms with Crippen molar-refractivity contribution >= 4 is 11.8 Å². The minimum atomic E-state index is -1.66. The zero-order valence-electron chi connectivity index (χ0n) is 5.07. The molecule has 6 nitrogen and oxygen atoms in total. The van der Waals surface area contributed by atoms with Gasteiger partial charge in [-0.3, -0.25) is 9.59 Å². The lowest BCUT2D eigenvalue weighted by molar-refractivity contribution is -0.138. The third kappa shape index (κ3) is 3.81. The van der Waals surface area contributed by atoms with E-state index in [9.17, 15) is 9.59 Å². The zero-order valence-corrected chi connectivity index (χ0v) is 5.07. The molecule has 0 aliphatic rings. The van der Waals surface area contributed by atoms with E-state index in [1.54, 1.807) is 0 Å². The summed E-state index contributed by atoms with van der Waals surface area (Å²) in [5.74, 6) is -2.19. The first-order valence-corrected chi connectivity index (χ1v) is 2.48. The molecule has 0 fully saturated rings. The second kappa shape index (κ2) is 3.80. The van der Waals surface area contributed by atoms with Crippen molar-refractivity contribution in [3.05, 3.63) is 0 Å². The molecule has 0 bridgehead atoms. The smallest absolute Gasteiger partial charge is 0.309 e. The monoisotopic (exact) mass is 148 g/mol. The topological polar surface area (TPSA) is 113 Å². The van der Waals surface area contributed by atoms with E-state index in [-0.39, 0.29) is 0 Å². The Kier molecular flexibility index (Phi) is 3.37. The molecule has 0 saturated heterocycles. The normalized spacial score (nSPS) is 9.50. The maximum atomic E-state index is 10.2. The number of amides is 2. The average molecular weight is 148 g/mol.